The van der Waals surface area contributed by atoms with Crippen LogP contribution in [-0.4, -0.2) is 95.9 Å². The van der Waals surface area contributed by atoms with E-state index in [4.69, 9.17) is 14.5 Å². The second-order valence-corrected chi connectivity index (χ2v) is 16.5. The van der Waals surface area contributed by atoms with Crippen LogP contribution in [0.15, 0.2) is 48.4 Å². The maximum Gasteiger partial charge on any atom is 0.309 e. The SMILES string of the molecule is C=CCOC(=O)C(C)CC(Cc1ccccc1)NC(=O)c1csc([C@@H](C[C@H](C(C)C)N(C)C(=O)[C@@H](NC(=O)[C@H]2CCCCN2C)[C@@H](C)CC)OC(=O)CCC)n1. The molecule has 1 saturated heterocycles. The lowest BCUT2D eigenvalue weighted by Gasteiger charge is -2.38. The highest BCUT2D eigenvalue weighted by atomic mass is 32.1. The van der Waals surface area contributed by atoms with Gasteiger partial charge in [-0.05, 0) is 63.1 Å². The molecule has 13 heteroatoms. The minimum absolute atomic E-state index is 0.0456. The van der Waals surface area contributed by atoms with Gasteiger partial charge in [-0.1, -0.05) is 97.4 Å². The molecule has 0 spiro atoms. The molecule has 0 radical (unpaired) electrons. The molecule has 2 N–H and O–H groups in total. The molecule has 310 valence electrons. The predicted molar refractivity (Wildman–Crippen MR) is 220 cm³/mol. The van der Waals surface area contributed by atoms with E-state index >= 15 is 0 Å². The lowest BCUT2D eigenvalue weighted by atomic mass is 9.92. The van der Waals surface area contributed by atoms with Crippen LogP contribution in [0.5, 0.6) is 0 Å². The molecule has 1 aromatic heterocycles. The van der Waals surface area contributed by atoms with E-state index < -0.39 is 36.0 Å². The smallest absolute Gasteiger partial charge is 0.309 e. The first kappa shape index (κ1) is 46.3. The van der Waals surface area contributed by atoms with Crippen molar-refractivity contribution in [3.8, 4) is 0 Å². The number of carbonyl (C=O) groups is 5. The highest BCUT2D eigenvalue weighted by Crippen LogP contribution is 2.31. The van der Waals surface area contributed by atoms with Crippen LogP contribution in [-0.2, 0) is 35.1 Å². The summed E-state index contributed by atoms with van der Waals surface area (Å²) in [6.07, 6.45) is 6.05. The van der Waals surface area contributed by atoms with E-state index in [1.54, 1.807) is 24.3 Å². The minimum atomic E-state index is -0.824. The highest BCUT2D eigenvalue weighted by molar-refractivity contribution is 7.09. The molecule has 0 bridgehead atoms. The predicted octanol–water partition coefficient (Wildman–Crippen LogP) is 6.51. The van der Waals surface area contributed by atoms with E-state index in [0.717, 1.165) is 31.4 Å². The number of likely N-dealkylation sites (tertiary alicyclic amines) is 1. The van der Waals surface area contributed by atoms with Crippen molar-refractivity contribution < 1.29 is 33.4 Å². The molecular formula is C43H65N5O7S. The fourth-order valence-electron chi connectivity index (χ4n) is 7.14. The molecule has 1 aliphatic heterocycles. The molecule has 3 rings (SSSR count). The van der Waals surface area contributed by atoms with Gasteiger partial charge in [0.05, 0.1) is 12.0 Å². The third-order valence-corrected chi connectivity index (χ3v) is 11.7. The van der Waals surface area contributed by atoms with Crippen LogP contribution < -0.4 is 10.6 Å². The zero-order chi connectivity index (χ0) is 41.4. The van der Waals surface area contributed by atoms with Crippen molar-refractivity contribution >= 4 is 41.0 Å². The number of benzene rings is 1. The van der Waals surface area contributed by atoms with Gasteiger partial charge in [0.2, 0.25) is 11.8 Å². The molecule has 0 saturated carbocycles. The molecule has 12 nitrogen and oxygen atoms in total. The Bertz CT molecular complexity index is 1580. The van der Waals surface area contributed by atoms with Crippen molar-refractivity contribution in [2.45, 2.75) is 130 Å². The summed E-state index contributed by atoms with van der Waals surface area (Å²) in [6.45, 7) is 16.2. The molecule has 1 aromatic carbocycles. The van der Waals surface area contributed by atoms with Gasteiger partial charge in [0.15, 0.2) is 6.10 Å². The number of thiazole rings is 1. The molecule has 1 fully saturated rings. The number of nitrogens with one attached hydrogen (secondary N) is 2. The third-order valence-electron chi connectivity index (χ3n) is 10.7. The summed E-state index contributed by atoms with van der Waals surface area (Å²) in [5.41, 5.74) is 1.17. The molecular weight excluding hydrogens is 731 g/mol. The Morgan fingerprint density at radius 2 is 1.77 bits per heavy atom. The molecule has 1 aliphatic rings. The van der Waals surface area contributed by atoms with Crippen molar-refractivity contribution in [1.82, 2.24) is 25.4 Å². The number of likely N-dealkylation sites (N-methyl/N-ethyl adjacent to an activating group) is 2. The largest absolute Gasteiger partial charge is 0.461 e. The standard InChI is InChI=1S/C43H65N5O7S/c1-10-18-37(49)55-36(26-35(28(4)5)48(9)42(52)38(29(6)12-3)46-40(51)34-21-16-17-22-47(34)8)41-45-33(27-56-41)39(50)44-32(25-31-19-14-13-15-20-31)24-30(7)43(53)54-23-11-2/h11,13-15,19-20,27-30,32,34-36,38H,2,10,12,16-18,21-26H2,1,3-9H3,(H,44,50)(H,46,51)/t29-,30?,32?,34+,35+,36+,38-/m0/s1. The Kier molecular flexibility index (Phi) is 19.2. The van der Waals surface area contributed by atoms with E-state index in [1.807, 2.05) is 72.0 Å². The number of nitrogens with zero attached hydrogens (tertiary/aromatic N) is 3. The van der Waals surface area contributed by atoms with Gasteiger partial charge in [-0.3, -0.25) is 28.9 Å². The number of esters is 2. The fraction of sp³-hybridized carbons (Fsp3) is 0.628. The van der Waals surface area contributed by atoms with Gasteiger partial charge in [0, 0.05) is 37.4 Å². The van der Waals surface area contributed by atoms with Crippen LogP contribution in [0.1, 0.15) is 120 Å². The zero-order valence-electron chi connectivity index (χ0n) is 34.8. The number of carbonyl (C=O) groups excluding carboxylic acids is 5. The Balaban J connectivity index is 1.85. The monoisotopic (exact) mass is 795 g/mol. The highest BCUT2D eigenvalue weighted by Gasteiger charge is 2.37. The van der Waals surface area contributed by atoms with Crippen LogP contribution >= 0.6 is 11.3 Å². The van der Waals surface area contributed by atoms with Crippen LogP contribution in [0.25, 0.3) is 0 Å². The Morgan fingerprint density at radius 1 is 1.05 bits per heavy atom. The average Bonchev–Trinajstić information content (AvgIpc) is 3.68. The summed E-state index contributed by atoms with van der Waals surface area (Å²) in [5.74, 6) is -2.15. The molecule has 2 aromatic rings. The van der Waals surface area contributed by atoms with E-state index in [2.05, 4.69) is 22.1 Å². The average molecular weight is 796 g/mol. The summed E-state index contributed by atoms with van der Waals surface area (Å²) in [6, 6.07) is 7.93. The van der Waals surface area contributed by atoms with Gasteiger partial charge in [0.25, 0.3) is 5.91 Å². The normalized spacial score (nSPS) is 17.8. The summed E-state index contributed by atoms with van der Waals surface area (Å²) in [7, 11) is 3.69. The van der Waals surface area contributed by atoms with Crippen molar-refractivity contribution in [2.75, 3.05) is 27.2 Å². The lowest BCUT2D eigenvalue weighted by molar-refractivity contribution is -0.152. The molecule has 7 atom stereocenters. The second kappa shape index (κ2) is 23.2. The molecule has 3 amide bonds. The summed E-state index contributed by atoms with van der Waals surface area (Å²) >= 11 is 1.22. The third kappa shape index (κ3) is 13.8. The second-order valence-electron chi connectivity index (χ2n) is 15.6. The van der Waals surface area contributed by atoms with Gasteiger partial charge >= 0.3 is 11.9 Å². The van der Waals surface area contributed by atoms with Crippen molar-refractivity contribution in [3.63, 3.8) is 0 Å². The van der Waals surface area contributed by atoms with Crippen LogP contribution in [0, 0.1) is 17.8 Å². The maximum atomic E-state index is 14.3. The van der Waals surface area contributed by atoms with Crippen LogP contribution in [0.4, 0.5) is 0 Å². The summed E-state index contributed by atoms with van der Waals surface area (Å²) < 4.78 is 11.3. The van der Waals surface area contributed by atoms with E-state index in [1.165, 1.54) is 17.4 Å². The maximum absolute atomic E-state index is 14.3. The Morgan fingerprint density at radius 3 is 2.39 bits per heavy atom. The first-order valence-corrected chi connectivity index (χ1v) is 21.1. The van der Waals surface area contributed by atoms with Gasteiger partial charge in [-0.15, -0.1) is 11.3 Å². The first-order chi connectivity index (χ1) is 26.7. The van der Waals surface area contributed by atoms with E-state index in [-0.39, 0.29) is 66.8 Å². The fourth-order valence-corrected chi connectivity index (χ4v) is 7.98. The van der Waals surface area contributed by atoms with Crippen molar-refractivity contribution in [3.05, 3.63) is 64.6 Å². The number of hydrogen-bond donors (Lipinski definition) is 2. The number of amides is 3. The molecule has 2 unspecified atom stereocenters. The number of piperidine rings is 1. The van der Waals surface area contributed by atoms with Gasteiger partial charge in [0.1, 0.15) is 23.4 Å². The number of aromatic nitrogens is 1. The van der Waals surface area contributed by atoms with Crippen LogP contribution in [0.2, 0.25) is 0 Å². The minimum Gasteiger partial charge on any atom is -0.461 e. The lowest BCUT2D eigenvalue weighted by Crippen LogP contribution is -2.58. The molecule has 0 aliphatic carbocycles. The van der Waals surface area contributed by atoms with Crippen LogP contribution in [0.3, 0.4) is 0 Å². The van der Waals surface area contributed by atoms with Gasteiger partial charge in [-0.25, -0.2) is 4.98 Å². The zero-order valence-corrected chi connectivity index (χ0v) is 35.6. The van der Waals surface area contributed by atoms with E-state index in [0.29, 0.717) is 30.7 Å². The topological polar surface area (TPSA) is 147 Å². The number of ether oxygens (including phenoxy) is 2. The van der Waals surface area contributed by atoms with Gasteiger partial charge in [-0.2, -0.15) is 0 Å². The Hall–Kier alpha value is -4.10. The molecule has 2 heterocycles. The Labute approximate surface area is 338 Å². The number of hydrogen-bond acceptors (Lipinski definition) is 10. The van der Waals surface area contributed by atoms with Gasteiger partial charge < -0.3 is 25.0 Å². The summed E-state index contributed by atoms with van der Waals surface area (Å²) in [4.78, 5) is 75.6. The quantitative estimate of drug-likeness (QED) is 0.101. The molecule has 56 heavy (non-hydrogen) atoms. The number of rotatable bonds is 22. The summed E-state index contributed by atoms with van der Waals surface area (Å²) in [5, 5.41) is 8.27. The van der Waals surface area contributed by atoms with E-state index in [9.17, 15) is 24.0 Å². The first-order valence-electron chi connectivity index (χ1n) is 20.2. The van der Waals surface area contributed by atoms with Crippen molar-refractivity contribution in [2.24, 2.45) is 17.8 Å². The van der Waals surface area contributed by atoms with Crippen molar-refractivity contribution in [1.29, 1.82) is 0 Å².